The third-order valence-corrected chi connectivity index (χ3v) is 6.66. The van der Waals surface area contributed by atoms with Crippen LogP contribution in [0.2, 0.25) is 5.02 Å². The molecule has 3 heterocycles. The molecule has 1 aromatic carbocycles. The number of aryl methyl sites for hydroxylation is 1. The number of ether oxygens (including phenoxy) is 1. The molecule has 1 aliphatic heterocycles. The zero-order valence-corrected chi connectivity index (χ0v) is 20.9. The maximum atomic E-state index is 14.3. The van der Waals surface area contributed by atoms with Gasteiger partial charge in [0.25, 0.3) is 11.5 Å². The van der Waals surface area contributed by atoms with Crippen LogP contribution in [0.4, 0.5) is 26.2 Å². The topological polar surface area (TPSA) is 84.3 Å². The van der Waals surface area contributed by atoms with Gasteiger partial charge in [-0.25, -0.2) is 13.8 Å². The van der Waals surface area contributed by atoms with Crippen LogP contribution in [-0.4, -0.2) is 53.7 Å². The van der Waals surface area contributed by atoms with Crippen molar-refractivity contribution >= 4 is 40.0 Å². The molecule has 0 spiro atoms. The lowest BCUT2D eigenvalue weighted by Gasteiger charge is -2.41. The highest BCUT2D eigenvalue weighted by Crippen LogP contribution is 2.39. The summed E-state index contributed by atoms with van der Waals surface area (Å²) in [5.41, 5.74) is 1.22. The number of alkyl halides is 2. The van der Waals surface area contributed by atoms with Crippen molar-refractivity contribution < 1.29 is 13.5 Å². The third kappa shape index (κ3) is 5.04. The number of likely N-dealkylation sites (N-methyl/N-ethyl adjacent to an activating group) is 1. The average molecular weight is 507 g/mol. The molecule has 0 saturated carbocycles. The number of hydrogen-bond donors (Lipinski definition) is 2. The van der Waals surface area contributed by atoms with E-state index in [2.05, 4.69) is 20.6 Å². The zero-order valence-electron chi connectivity index (χ0n) is 20.1. The minimum Gasteiger partial charge on any atom is -0.487 e. The summed E-state index contributed by atoms with van der Waals surface area (Å²) in [5, 5.41) is 7.27. The molecule has 2 aromatic heterocycles. The maximum Gasteiger partial charge on any atom is 0.293 e. The molecule has 2 atom stereocenters. The molecular formula is C24H29ClF2N6O2. The minimum absolute atomic E-state index is 0.152. The number of benzene rings is 1. The van der Waals surface area contributed by atoms with Crippen molar-refractivity contribution in [2.75, 3.05) is 43.5 Å². The summed E-state index contributed by atoms with van der Waals surface area (Å²) in [7, 11) is 3.51. The van der Waals surface area contributed by atoms with Crippen LogP contribution in [0.15, 0.2) is 35.3 Å². The summed E-state index contributed by atoms with van der Waals surface area (Å²) in [6.07, 6.45) is 1.47. The van der Waals surface area contributed by atoms with Crippen LogP contribution < -0.4 is 25.8 Å². The Hall–Kier alpha value is -2.98. The lowest BCUT2D eigenvalue weighted by molar-refractivity contribution is -0.105. The SMILES string of the molecule is CNCCOc1cc2cc(Nc3nc(N4C[C@@H](C)C(F)(F)[C@@H](C)C4)ncc3Cl)ccc2n(C)c1=O. The molecule has 35 heavy (non-hydrogen) atoms. The van der Waals surface area contributed by atoms with Crippen molar-refractivity contribution in [2.45, 2.75) is 19.8 Å². The monoisotopic (exact) mass is 506 g/mol. The lowest BCUT2D eigenvalue weighted by atomic mass is 9.87. The Morgan fingerprint density at radius 3 is 2.63 bits per heavy atom. The number of nitrogens with zero attached hydrogens (tertiary/aromatic N) is 4. The number of fused-ring (bicyclic) bond motifs is 1. The minimum atomic E-state index is -2.73. The first-order valence-corrected chi connectivity index (χ1v) is 11.8. The van der Waals surface area contributed by atoms with Gasteiger partial charge in [-0.3, -0.25) is 4.79 Å². The van der Waals surface area contributed by atoms with Crippen LogP contribution in [0.5, 0.6) is 5.75 Å². The van der Waals surface area contributed by atoms with Gasteiger partial charge >= 0.3 is 0 Å². The van der Waals surface area contributed by atoms with E-state index < -0.39 is 17.8 Å². The summed E-state index contributed by atoms with van der Waals surface area (Å²) < 4.78 is 35.7. The molecule has 0 radical (unpaired) electrons. The quantitative estimate of drug-likeness (QED) is 0.468. The summed E-state index contributed by atoms with van der Waals surface area (Å²) in [4.78, 5) is 23.2. The van der Waals surface area contributed by atoms with Gasteiger partial charge in [-0.2, -0.15) is 4.98 Å². The molecule has 0 aliphatic carbocycles. The van der Waals surface area contributed by atoms with Crippen LogP contribution in [0.25, 0.3) is 10.9 Å². The first kappa shape index (κ1) is 25.1. The molecule has 3 aromatic rings. The van der Waals surface area contributed by atoms with Gasteiger partial charge in [-0.05, 0) is 31.3 Å². The Kier molecular flexibility index (Phi) is 7.14. The molecule has 0 unspecified atom stereocenters. The number of anilines is 3. The molecular weight excluding hydrogens is 478 g/mol. The molecule has 0 bridgehead atoms. The van der Waals surface area contributed by atoms with Gasteiger partial charge in [0.15, 0.2) is 11.6 Å². The molecule has 11 heteroatoms. The van der Waals surface area contributed by atoms with Gasteiger partial charge in [0, 0.05) is 49.6 Å². The molecule has 1 saturated heterocycles. The second-order valence-electron chi connectivity index (χ2n) is 8.97. The number of aromatic nitrogens is 3. The van der Waals surface area contributed by atoms with Gasteiger partial charge in [0.2, 0.25) is 5.95 Å². The lowest BCUT2D eigenvalue weighted by Crippen LogP contribution is -2.52. The van der Waals surface area contributed by atoms with Crippen LogP contribution in [0.3, 0.4) is 0 Å². The van der Waals surface area contributed by atoms with E-state index in [4.69, 9.17) is 16.3 Å². The Morgan fingerprint density at radius 1 is 1.23 bits per heavy atom. The first-order chi connectivity index (χ1) is 16.6. The van der Waals surface area contributed by atoms with Gasteiger partial charge in [0.1, 0.15) is 11.6 Å². The number of rotatable bonds is 7. The summed E-state index contributed by atoms with van der Waals surface area (Å²) >= 11 is 6.35. The molecule has 1 fully saturated rings. The largest absolute Gasteiger partial charge is 0.487 e. The van der Waals surface area contributed by atoms with Gasteiger partial charge < -0.3 is 24.8 Å². The van der Waals surface area contributed by atoms with E-state index in [0.29, 0.717) is 35.6 Å². The molecule has 0 amide bonds. The summed E-state index contributed by atoms with van der Waals surface area (Å²) in [5.74, 6) is -3.40. The van der Waals surface area contributed by atoms with E-state index in [1.54, 1.807) is 18.0 Å². The van der Waals surface area contributed by atoms with Gasteiger partial charge in [0.05, 0.1) is 11.7 Å². The van der Waals surface area contributed by atoms with Crippen LogP contribution in [0.1, 0.15) is 13.8 Å². The highest BCUT2D eigenvalue weighted by molar-refractivity contribution is 6.32. The zero-order chi connectivity index (χ0) is 25.3. The fourth-order valence-electron chi connectivity index (χ4n) is 4.26. The van der Waals surface area contributed by atoms with Crippen molar-refractivity contribution in [1.29, 1.82) is 0 Å². The molecule has 4 rings (SSSR count). The molecule has 8 nitrogen and oxygen atoms in total. The van der Waals surface area contributed by atoms with Crippen molar-refractivity contribution in [1.82, 2.24) is 19.9 Å². The Labute approximate surface area is 207 Å². The standard InChI is InChI=1S/C24H29ClF2N6O2/c1-14-12-33(13-15(2)24(14,26)27)23-29-11-18(25)21(31-23)30-17-5-6-19-16(9-17)10-20(22(34)32(19)4)35-8-7-28-3/h5-6,9-11,14-15,28H,7-8,12-13H2,1-4H3,(H,29,30,31)/t14-,15+. The molecule has 1 aliphatic rings. The Balaban J connectivity index is 1.61. The molecule has 188 valence electrons. The van der Waals surface area contributed by atoms with E-state index in [-0.39, 0.29) is 24.4 Å². The van der Waals surface area contributed by atoms with E-state index in [1.807, 2.05) is 25.2 Å². The van der Waals surface area contributed by atoms with E-state index in [0.717, 1.165) is 10.9 Å². The van der Waals surface area contributed by atoms with Gasteiger partial charge in [-0.1, -0.05) is 25.4 Å². The molecule has 2 N–H and O–H groups in total. The number of hydrogen-bond acceptors (Lipinski definition) is 7. The third-order valence-electron chi connectivity index (χ3n) is 6.38. The van der Waals surface area contributed by atoms with Crippen molar-refractivity contribution in [2.24, 2.45) is 18.9 Å². The van der Waals surface area contributed by atoms with Crippen molar-refractivity contribution in [3.05, 3.63) is 45.8 Å². The number of piperidine rings is 1. The van der Waals surface area contributed by atoms with Crippen LogP contribution in [-0.2, 0) is 7.05 Å². The summed E-state index contributed by atoms with van der Waals surface area (Å²) in [6.45, 7) is 4.36. The predicted molar refractivity (Wildman–Crippen MR) is 134 cm³/mol. The van der Waals surface area contributed by atoms with Crippen LogP contribution in [0, 0.1) is 11.8 Å². The first-order valence-electron chi connectivity index (χ1n) is 11.4. The Bertz CT molecular complexity index is 1270. The number of halogens is 3. The van der Waals surface area contributed by atoms with Crippen molar-refractivity contribution in [3.63, 3.8) is 0 Å². The average Bonchev–Trinajstić information content (AvgIpc) is 2.82. The maximum absolute atomic E-state index is 14.3. The van der Waals surface area contributed by atoms with Gasteiger partial charge in [-0.15, -0.1) is 0 Å². The predicted octanol–water partition coefficient (Wildman–Crippen LogP) is 4.05. The van der Waals surface area contributed by atoms with Crippen molar-refractivity contribution in [3.8, 4) is 5.75 Å². The highest BCUT2D eigenvalue weighted by atomic mass is 35.5. The van der Waals surface area contributed by atoms with E-state index >= 15 is 0 Å². The fraction of sp³-hybridized carbons (Fsp3) is 0.458. The second-order valence-corrected chi connectivity index (χ2v) is 9.38. The normalized spacial score (nSPS) is 19.7. The number of pyridine rings is 1. The van der Waals surface area contributed by atoms with E-state index in [9.17, 15) is 13.6 Å². The Morgan fingerprint density at radius 2 is 1.94 bits per heavy atom. The summed E-state index contributed by atoms with van der Waals surface area (Å²) in [6, 6.07) is 7.21. The smallest absolute Gasteiger partial charge is 0.293 e. The van der Waals surface area contributed by atoms with Crippen LogP contribution >= 0.6 is 11.6 Å². The highest BCUT2D eigenvalue weighted by Gasteiger charge is 2.47. The number of nitrogens with one attached hydrogen (secondary N) is 2. The second kappa shape index (κ2) is 9.94. The van der Waals surface area contributed by atoms with E-state index in [1.165, 1.54) is 24.6 Å². The fourth-order valence-corrected chi connectivity index (χ4v) is 4.40.